The Hall–Kier alpha value is -3.71. The Morgan fingerprint density at radius 2 is 1.85 bits per heavy atom. The number of hydrogen-bond acceptors (Lipinski definition) is 5. The summed E-state index contributed by atoms with van der Waals surface area (Å²) in [6.45, 7) is 1.50. The smallest absolute Gasteiger partial charge is 0.295 e. The first-order valence-corrected chi connectivity index (χ1v) is 11.7. The maximum atomic E-state index is 13.6. The SMILES string of the molecule is O=C(Nc1ccc(Cl)cc1)[C@H]1CCCN(c2nc3cccnc3n(Cc3ccccc3)c2=O)C1. The predicted molar refractivity (Wildman–Crippen MR) is 134 cm³/mol. The minimum atomic E-state index is -0.252. The number of anilines is 2. The van der Waals surface area contributed by atoms with Crippen molar-refractivity contribution in [2.24, 2.45) is 5.92 Å². The van der Waals surface area contributed by atoms with Gasteiger partial charge in [-0.1, -0.05) is 41.9 Å². The number of piperidine rings is 1. The number of fused-ring (bicyclic) bond motifs is 1. The molecular formula is C26H24ClN5O2. The highest BCUT2D eigenvalue weighted by Crippen LogP contribution is 2.23. The molecule has 5 rings (SSSR count). The average molecular weight is 474 g/mol. The molecule has 0 radical (unpaired) electrons. The fourth-order valence-corrected chi connectivity index (χ4v) is 4.47. The van der Waals surface area contributed by atoms with Crippen LogP contribution in [-0.4, -0.2) is 33.5 Å². The zero-order chi connectivity index (χ0) is 23.5. The van der Waals surface area contributed by atoms with E-state index in [1.54, 1.807) is 35.0 Å². The minimum Gasteiger partial charge on any atom is -0.351 e. The monoisotopic (exact) mass is 473 g/mol. The van der Waals surface area contributed by atoms with Crippen LogP contribution in [0.5, 0.6) is 0 Å². The number of aromatic nitrogens is 3. The lowest BCUT2D eigenvalue weighted by Crippen LogP contribution is -2.44. The van der Waals surface area contributed by atoms with Gasteiger partial charge in [-0.15, -0.1) is 0 Å². The number of rotatable bonds is 5. The maximum absolute atomic E-state index is 13.6. The van der Waals surface area contributed by atoms with E-state index in [2.05, 4.69) is 15.3 Å². The van der Waals surface area contributed by atoms with Crippen LogP contribution in [0.25, 0.3) is 11.2 Å². The summed E-state index contributed by atoms with van der Waals surface area (Å²) in [4.78, 5) is 37.6. The van der Waals surface area contributed by atoms with Crippen LogP contribution in [0.15, 0.2) is 77.7 Å². The van der Waals surface area contributed by atoms with Crippen molar-refractivity contribution < 1.29 is 4.79 Å². The van der Waals surface area contributed by atoms with Crippen molar-refractivity contribution in [3.05, 3.63) is 93.9 Å². The Morgan fingerprint density at radius 3 is 2.65 bits per heavy atom. The van der Waals surface area contributed by atoms with Crippen molar-refractivity contribution in [2.45, 2.75) is 19.4 Å². The Labute approximate surface area is 202 Å². The molecule has 0 spiro atoms. The average Bonchev–Trinajstić information content (AvgIpc) is 2.87. The first kappa shape index (κ1) is 22.1. The van der Waals surface area contributed by atoms with Gasteiger partial charge in [-0.25, -0.2) is 9.97 Å². The minimum absolute atomic E-state index is 0.0703. The van der Waals surface area contributed by atoms with Crippen molar-refractivity contribution in [3.8, 4) is 0 Å². The van der Waals surface area contributed by atoms with Crippen LogP contribution in [0.3, 0.4) is 0 Å². The molecule has 1 amide bonds. The zero-order valence-corrected chi connectivity index (χ0v) is 19.3. The van der Waals surface area contributed by atoms with Gasteiger partial charge in [0.05, 0.1) is 12.5 Å². The summed E-state index contributed by atoms with van der Waals surface area (Å²) >= 11 is 5.94. The normalized spacial score (nSPS) is 15.9. The number of nitrogens with one attached hydrogen (secondary N) is 1. The van der Waals surface area contributed by atoms with Crippen molar-refractivity contribution >= 4 is 40.2 Å². The molecule has 7 nitrogen and oxygen atoms in total. The molecule has 34 heavy (non-hydrogen) atoms. The lowest BCUT2D eigenvalue weighted by Gasteiger charge is -2.32. The molecule has 172 valence electrons. The van der Waals surface area contributed by atoms with Gasteiger partial charge in [0.15, 0.2) is 11.5 Å². The lowest BCUT2D eigenvalue weighted by atomic mass is 9.97. The van der Waals surface area contributed by atoms with Crippen LogP contribution in [0.2, 0.25) is 5.02 Å². The largest absolute Gasteiger partial charge is 0.351 e. The van der Waals surface area contributed by atoms with Crippen molar-refractivity contribution in [2.75, 3.05) is 23.3 Å². The number of halogens is 1. The molecule has 1 saturated heterocycles. The summed E-state index contributed by atoms with van der Waals surface area (Å²) in [7, 11) is 0. The summed E-state index contributed by atoms with van der Waals surface area (Å²) in [6, 6.07) is 20.5. The van der Waals surface area contributed by atoms with E-state index >= 15 is 0 Å². The lowest BCUT2D eigenvalue weighted by molar-refractivity contribution is -0.120. The van der Waals surface area contributed by atoms with Gasteiger partial charge in [0.1, 0.15) is 5.52 Å². The van der Waals surface area contributed by atoms with Gasteiger partial charge in [0, 0.05) is 30.0 Å². The Balaban J connectivity index is 1.44. The molecule has 1 atom stereocenters. The summed E-state index contributed by atoms with van der Waals surface area (Å²) in [5.74, 6) is 0.0392. The third kappa shape index (κ3) is 4.65. The molecule has 0 bridgehead atoms. The van der Waals surface area contributed by atoms with E-state index in [4.69, 9.17) is 11.6 Å². The van der Waals surface area contributed by atoms with Crippen LogP contribution in [0.4, 0.5) is 11.5 Å². The maximum Gasteiger partial charge on any atom is 0.295 e. The Morgan fingerprint density at radius 1 is 1.06 bits per heavy atom. The van der Waals surface area contributed by atoms with E-state index in [-0.39, 0.29) is 17.4 Å². The van der Waals surface area contributed by atoms with Crippen LogP contribution in [0.1, 0.15) is 18.4 Å². The van der Waals surface area contributed by atoms with E-state index in [1.165, 1.54) is 0 Å². The highest BCUT2D eigenvalue weighted by molar-refractivity contribution is 6.30. The molecular weight excluding hydrogens is 450 g/mol. The van der Waals surface area contributed by atoms with Crippen molar-refractivity contribution in [1.82, 2.24) is 14.5 Å². The standard InChI is InChI=1S/C26H24ClN5O2/c27-20-10-12-21(13-11-20)29-25(33)19-8-5-15-31(17-19)24-26(34)32(16-18-6-2-1-3-7-18)23-22(30-24)9-4-14-28-23/h1-4,6-7,9-14,19H,5,8,15-17H2,(H,29,33)/t19-/m0/s1. The zero-order valence-electron chi connectivity index (χ0n) is 18.5. The van der Waals surface area contributed by atoms with Crippen molar-refractivity contribution in [3.63, 3.8) is 0 Å². The molecule has 0 aliphatic carbocycles. The van der Waals surface area contributed by atoms with Crippen LogP contribution in [-0.2, 0) is 11.3 Å². The van der Waals surface area contributed by atoms with Crippen molar-refractivity contribution in [1.29, 1.82) is 0 Å². The Kier molecular flexibility index (Phi) is 6.27. The van der Waals surface area contributed by atoms with Crippen LogP contribution < -0.4 is 15.8 Å². The fourth-order valence-electron chi connectivity index (χ4n) is 4.34. The van der Waals surface area contributed by atoms with E-state index < -0.39 is 0 Å². The molecule has 1 aliphatic heterocycles. The molecule has 1 fully saturated rings. The number of benzene rings is 2. The number of carbonyl (C=O) groups is 1. The van der Waals surface area contributed by atoms with E-state index in [0.717, 1.165) is 18.4 Å². The third-order valence-corrected chi connectivity index (χ3v) is 6.32. The molecule has 0 saturated carbocycles. The first-order chi connectivity index (χ1) is 16.6. The van der Waals surface area contributed by atoms with Gasteiger partial charge in [0.2, 0.25) is 5.91 Å². The molecule has 1 aliphatic rings. The molecule has 4 aromatic rings. The second-order valence-electron chi connectivity index (χ2n) is 8.44. The summed E-state index contributed by atoms with van der Waals surface area (Å²) in [5, 5.41) is 3.58. The number of nitrogens with zero attached hydrogens (tertiary/aromatic N) is 4. The topological polar surface area (TPSA) is 80.1 Å². The van der Waals surface area contributed by atoms with Crippen LogP contribution in [0, 0.1) is 5.92 Å². The van der Waals surface area contributed by atoms with Gasteiger partial charge in [-0.05, 0) is 54.8 Å². The van der Waals surface area contributed by atoms with Gasteiger partial charge in [0.25, 0.3) is 5.56 Å². The third-order valence-electron chi connectivity index (χ3n) is 6.07. The summed E-state index contributed by atoms with van der Waals surface area (Å²) < 4.78 is 1.67. The van der Waals surface area contributed by atoms with Crippen LogP contribution >= 0.6 is 11.6 Å². The van der Waals surface area contributed by atoms with Gasteiger partial charge < -0.3 is 10.2 Å². The van der Waals surface area contributed by atoms with Gasteiger partial charge in [-0.3, -0.25) is 14.2 Å². The highest BCUT2D eigenvalue weighted by atomic mass is 35.5. The van der Waals surface area contributed by atoms with E-state index in [9.17, 15) is 9.59 Å². The summed E-state index contributed by atoms with van der Waals surface area (Å²) in [6.07, 6.45) is 3.22. The quantitative estimate of drug-likeness (QED) is 0.466. The molecule has 2 aromatic carbocycles. The molecule has 1 N–H and O–H groups in total. The number of hydrogen-bond donors (Lipinski definition) is 1. The van der Waals surface area contributed by atoms with Gasteiger partial charge in [-0.2, -0.15) is 0 Å². The number of carbonyl (C=O) groups excluding carboxylic acids is 1. The van der Waals surface area contributed by atoms with E-state index in [0.29, 0.717) is 47.3 Å². The Bertz CT molecular complexity index is 1370. The van der Waals surface area contributed by atoms with E-state index in [1.807, 2.05) is 47.4 Å². The van der Waals surface area contributed by atoms with Gasteiger partial charge >= 0.3 is 0 Å². The highest BCUT2D eigenvalue weighted by Gasteiger charge is 2.29. The number of amides is 1. The second-order valence-corrected chi connectivity index (χ2v) is 8.88. The molecule has 3 heterocycles. The molecule has 8 heteroatoms. The molecule has 0 unspecified atom stereocenters. The summed E-state index contributed by atoms with van der Waals surface area (Å²) in [5.41, 5.74) is 2.71. The first-order valence-electron chi connectivity index (χ1n) is 11.3. The second kappa shape index (κ2) is 9.65. The fraction of sp³-hybridized carbons (Fsp3) is 0.231. The predicted octanol–water partition coefficient (Wildman–Crippen LogP) is 4.35. The molecule has 2 aromatic heterocycles. The number of pyridine rings is 1.